The third-order valence-corrected chi connectivity index (χ3v) is 4.76. The first kappa shape index (κ1) is 22.3. The molecule has 1 heterocycles. The lowest BCUT2D eigenvalue weighted by Crippen LogP contribution is -2.54. The number of hydrogen-bond donors (Lipinski definition) is 2. The summed E-state index contributed by atoms with van der Waals surface area (Å²) in [5.41, 5.74) is 0.965. The second-order valence-corrected chi connectivity index (χ2v) is 9.30. The fraction of sp³-hybridized carbons (Fsp3) is 0.375. The number of amides is 3. The smallest absolute Gasteiger partial charge is 0.271 e. The number of ether oxygens (including phenoxy) is 1. The van der Waals surface area contributed by atoms with Crippen molar-refractivity contribution in [2.24, 2.45) is 0 Å². The van der Waals surface area contributed by atoms with E-state index in [2.05, 4.69) is 10.6 Å². The Morgan fingerprint density at radius 2 is 1.71 bits per heavy atom. The van der Waals surface area contributed by atoms with Gasteiger partial charge < -0.3 is 15.4 Å². The molecule has 2 aromatic rings. The van der Waals surface area contributed by atoms with Crippen LogP contribution < -0.4 is 20.3 Å². The molecule has 0 saturated heterocycles. The Morgan fingerprint density at radius 3 is 2.32 bits per heavy atom. The maximum atomic E-state index is 13.1. The van der Waals surface area contributed by atoms with Crippen LogP contribution in [0.5, 0.6) is 5.75 Å². The van der Waals surface area contributed by atoms with E-state index in [-0.39, 0.29) is 24.3 Å². The zero-order chi connectivity index (χ0) is 23.0. The lowest BCUT2D eigenvalue weighted by Gasteiger charge is -2.38. The number of carbonyl (C=O) groups excluding carboxylic acids is 3. The highest BCUT2D eigenvalue weighted by molar-refractivity contribution is 6.08. The molecule has 0 spiro atoms. The van der Waals surface area contributed by atoms with Gasteiger partial charge in [-0.05, 0) is 71.9 Å². The van der Waals surface area contributed by atoms with Crippen molar-refractivity contribution < 1.29 is 19.1 Å². The minimum Gasteiger partial charge on any atom is -0.476 e. The van der Waals surface area contributed by atoms with Gasteiger partial charge in [-0.2, -0.15) is 0 Å². The molecule has 0 bridgehead atoms. The molecule has 0 aliphatic carbocycles. The molecule has 0 unspecified atom stereocenters. The number of rotatable bonds is 4. The van der Waals surface area contributed by atoms with Gasteiger partial charge in [-0.3, -0.25) is 19.3 Å². The minimum absolute atomic E-state index is 0.198. The number of fused-ring (bicyclic) bond motifs is 1. The summed E-state index contributed by atoms with van der Waals surface area (Å²) in [7, 11) is 0. The van der Waals surface area contributed by atoms with Crippen LogP contribution in [0, 0.1) is 6.92 Å². The Hall–Kier alpha value is -3.35. The van der Waals surface area contributed by atoms with E-state index in [4.69, 9.17) is 4.74 Å². The maximum absolute atomic E-state index is 13.1. The molecule has 7 nitrogen and oxygen atoms in total. The van der Waals surface area contributed by atoms with Crippen LogP contribution in [-0.2, 0) is 9.59 Å². The second-order valence-electron chi connectivity index (χ2n) is 9.30. The van der Waals surface area contributed by atoms with Crippen molar-refractivity contribution in [1.29, 1.82) is 0 Å². The number of anilines is 2. The molecule has 3 rings (SSSR count). The number of hydrogen-bond acceptors (Lipinski definition) is 4. The van der Waals surface area contributed by atoms with Gasteiger partial charge in [0.05, 0.1) is 5.69 Å². The van der Waals surface area contributed by atoms with E-state index in [9.17, 15) is 14.4 Å². The molecule has 2 N–H and O–H groups in total. The van der Waals surface area contributed by atoms with Crippen molar-refractivity contribution in [3.63, 3.8) is 0 Å². The topological polar surface area (TPSA) is 87.7 Å². The SMILES string of the molecule is Cc1ccc(NC(=O)CN2C(=O)C(C)(C)Oc3ccc(C(=O)NC(C)(C)C)cc32)cc1. The Morgan fingerprint density at radius 1 is 1.06 bits per heavy atom. The summed E-state index contributed by atoms with van der Waals surface area (Å²) in [6.07, 6.45) is 0. The van der Waals surface area contributed by atoms with Gasteiger partial charge in [0.15, 0.2) is 5.60 Å². The fourth-order valence-electron chi connectivity index (χ4n) is 3.26. The molecule has 164 valence electrons. The van der Waals surface area contributed by atoms with Crippen molar-refractivity contribution in [3.8, 4) is 5.75 Å². The van der Waals surface area contributed by atoms with Gasteiger partial charge >= 0.3 is 0 Å². The average Bonchev–Trinajstić information content (AvgIpc) is 2.65. The van der Waals surface area contributed by atoms with Crippen molar-refractivity contribution >= 4 is 29.1 Å². The lowest BCUT2D eigenvalue weighted by atomic mass is 10.0. The van der Waals surface area contributed by atoms with E-state index < -0.39 is 11.1 Å². The molecule has 0 fully saturated rings. The van der Waals surface area contributed by atoms with Crippen LogP contribution in [-0.4, -0.2) is 35.4 Å². The third-order valence-electron chi connectivity index (χ3n) is 4.76. The second kappa shape index (κ2) is 8.06. The predicted molar refractivity (Wildman–Crippen MR) is 121 cm³/mol. The van der Waals surface area contributed by atoms with E-state index >= 15 is 0 Å². The summed E-state index contributed by atoms with van der Waals surface area (Å²) in [5.74, 6) is -0.519. The average molecular weight is 424 g/mol. The van der Waals surface area contributed by atoms with E-state index in [0.29, 0.717) is 22.7 Å². The highest BCUT2D eigenvalue weighted by Crippen LogP contribution is 2.38. The highest BCUT2D eigenvalue weighted by atomic mass is 16.5. The molecule has 0 aromatic heterocycles. The van der Waals surface area contributed by atoms with Gasteiger partial charge in [0.25, 0.3) is 11.8 Å². The van der Waals surface area contributed by atoms with E-state index in [1.165, 1.54) is 4.90 Å². The van der Waals surface area contributed by atoms with Gasteiger partial charge in [0, 0.05) is 16.8 Å². The number of aryl methyl sites for hydroxylation is 1. The van der Waals surface area contributed by atoms with Gasteiger partial charge in [0.2, 0.25) is 5.91 Å². The zero-order valence-corrected chi connectivity index (χ0v) is 18.8. The minimum atomic E-state index is -1.13. The van der Waals surface area contributed by atoms with Crippen LogP contribution >= 0.6 is 0 Å². The summed E-state index contributed by atoms with van der Waals surface area (Å²) < 4.78 is 5.86. The first-order chi connectivity index (χ1) is 14.4. The molecule has 1 aliphatic rings. The van der Waals surface area contributed by atoms with E-state index in [1.807, 2.05) is 39.8 Å². The van der Waals surface area contributed by atoms with Crippen molar-refractivity contribution in [2.45, 2.75) is 52.7 Å². The Bertz CT molecular complexity index is 1020. The Balaban J connectivity index is 1.89. The number of benzene rings is 2. The summed E-state index contributed by atoms with van der Waals surface area (Å²) in [6.45, 7) is 10.7. The summed E-state index contributed by atoms with van der Waals surface area (Å²) in [4.78, 5) is 39.8. The molecule has 3 amide bonds. The number of carbonyl (C=O) groups is 3. The normalized spacial score (nSPS) is 15.0. The van der Waals surface area contributed by atoms with Crippen molar-refractivity contribution in [3.05, 3.63) is 53.6 Å². The largest absolute Gasteiger partial charge is 0.476 e. The first-order valence-electron chi connectivity index (χ1n) is 10.2. The fourth-order valence-corrected chi connectivity index (χ4v) is 3.26. The number of nitrogens with one attached hydrogen (secondary N) is 2. The molecular weight excluding hydrogens is 394 g/mol. The molecule has 0 atom stereocenters. The van der Waals surface area contributed by atoms with Crippen LogP contribution in [0.3, 0.4) is 0 Å². The monoisotopic (exact) mass is 423 g/mol. The quantitative estimate of drug-likeness (QED) is 0.786. The molecule has 0 saturated carbocycles. The van der Waals surface area contributed by atoms with Gasteiger partial charge in [-0.25, -0.2) is 0 Å². The lowest BCUT2D eigenvalue weighted by molar-refractivity contribution is -0.133. The van der Waals surface area contributed by atoms with Gasteiger partial charge in [-0.15, -0.1) is 0 Å². The van der Waals surface area contributed by atoms with Crippen LogP contribution in [0.1, 0.15) is 50.5 Å². The number of nitrogens with zero attached hydrogens (tertiary/aromatic N) is 1. The van der Waals surface area contributed by atoms with Crippen LogP contribution in [0.15, 0.2) is 42.5 Å². The third kappa shape index (κ3) is 5.23. The molecule has 2 aromatic carbocycles. The molecule has 1 aliphatic heterocycles. The summed E-state index contributed by atoms with van der Waals surface area (Å²) in [5, 5.41) is 5.71. The molecular formula is C24H29N3O4. The molecule has 31 heavy (non-hydrogen) atoms. The van der Waals surface area contributed by atoms with Crippen molar-refractivity contribution in [2.75, 3.05) is 16.8 Å². The highest BCUT2D eigenvalue weighted by Gasteiger charge is 2.42. The summed E-state index contributed by atoms with van der Waals surface area (Å²) >= 11 is 0. The van der Waals surface area contributed by atoms with Crippen LogP contribution in [0.2, 0.25) is 0 Å². The Kier molecular flexibility index (Phi) is 5.81. The van der Waals surface area contributed by atoms with Crippen molar-refractivity contribution in [1.82, 2.24) is 5.32 Å². The zero-order valence-electron chi connectivity index (χ0n) is 18.8. The molecule has 0 radical (unpaired) electrons. The van der Waals surface area contributed by atoms with Gasteiger partial charge in [0.1, 0.15) is 12.3 Å². The Labute approximate surface area is 182 Å². The summed E-state index contributed by atoms with van der Waals surface area (Å²) in [6, 6.07) is 12.3. The maximum Gasteiger partial charge on any atom is 0.271 e. The van der Waals surface area contributed by atoms with E-state index in [1.54, 1.807) is 44.2 Å². The van der Waals surface area contributed by atoms with Gasteiger partial charge in [-0.1, -0.05) is 17.7 Å². The van der Waals surface area contributed by atoms with E-state index in [0.717, 1.165) is 5.56 Å². The predicted octanol–water partition coefficient (Wildman–Crippen LogP) is 3.67. The molecule has 7 heteroatoms. The first-order valence-corrected chi connectivity index (χ1v) is 10.2. The van der Waals surface area contributed by atoms with Crippen LogP contribution in [0.25, 0.3) is 0 Å². The van der Waals surface area contributed by atoms with Crippen LogP contribution in [0.4, 0.5) is 11.4 Å². The standard InChI is InChI=1S/C24H29N3O4/c1-15-7-10-17(11-8-15)25-20(28)14-27-18-13-16(21(29)26-23(2,3)4)9-12-19(18)31-24(5,6)22(27)30/h7-13H,14H2,1-6H3,(H,25,28)(H,26,29).